The number of rotatable bonds is 8. The van der Waals surface area contributed by atoms with Crippen molar-refractivity contribution in [3.63, 3.8) is 0 Å². The molecule has 0 unspecified atom stereocenters. The number of benzene rings is 2. The first-order valence-electron chi connectivity index (χ1n) is 8.78. The van der Waals surface area contributed by atoms with Gasteiger partial charge in [-0.3, -0.25) is 0 Å². The predicted octanol–water partition coefficient (Wildman–Crippen LogP) is 5.46. The molecule has 0 saturated carbocycles. The highest BCUT2D eigenvalue weighted by Gasteiger charge is 2.09. The van der Waals surface area contributed by atoms with Crippen molar-refractivity contribution in [1.82, 2.24) is 15.0 Å². The second-order valence-corrected chi connectivity index (χ2v) is 6.12. The zero-order valence-electron chi connectivity index (χ0n) is 13.9. The molecular weight excluding hydrogens is 282 g/mol. The van der Waals surface area contributed by atoms with E-state index in [1.54, 1.807) is 0 Å². The molecule has 0 radical (unpaired) electrons. The van der Waals surface area contributed by atoms with Crippen LogP contribution in [0.3, 0.4) is 0 Å². The van der Waals surface area contributed by atoms with Gasteiger partial charge in [0.05, 0.1) is 5.52 Å². The van der Waals surface area contributed by atoms with Crippen LogP contribution in [0, 0.1) is 0 Å². The summed E-state index contributed by atoms with van der Waals surface area (Å²) in [5.41, 5.74) is 4.51. The van der Waals surface area contributed by atoms with E-state index in [0.29, 0.717) is 0 Å². The second-order valence-electron chi connectivity index (χ2n) is 6.12. The molecule has 0 saturated heterocycles. The van der Waals surface area contributed by atoms with Gasteiger partial charge in [0.15, 0.2) is 0 Å². The first kappa shape index (κ1) is 15.7. The Hall–Kier alpha value is -2.16. The highest BCUT2D eigenvalue weighted by Crippen LogP contribution is 2.26. The molecule has 3 nitrogen and oxygen atoms in total. The smallest absolute Gasteiger partial charge is 0.121 e. The predicted molar refractivity (Wildman–Crippen MR) is 96.3 cm³/mol. The van der Waals surface area contributed by atoms with Gasteiger partial charge in [0.2, 0.25) is 0 Å². The van der Waals surface area contributed by atoms with Crippen molar-refractivity contribution in [2.24, 2.45) is 0 Å². The van der Waals surface area contributed by atoms with Gasteiger partial charge in [0.1, 0.15) is 5.52 Å². The summed E-state index contributed by atoms with van der Waals surface area (Å²) in [5.74, 6) is 0. The quantitative estimate of drug-likeness (QED) is 0.517. The van der Waals surface area contributed by atoms with Gasteiger partial charge in [-0.15, -0.1) is 5.10 Å². The number of fused-ring (bicyclic) bond motifs is 1. The largest absolute Gasteiger partial charge is 0.245 e. The lowest BCUT2D eigenvalue weighted by molar-refractivity contribution is 0.526. The summed E-state index contributed by atoms with van der Waals surface area (Å²) in [4.78, 5) is 0. The molecule has 0 fully saturated rings. The Morgan fingerprint density at radius 1 is 0.826 bits per heavy atom. The maximum absolute atomic E-state index is 4.44. The average molecular weight is 307 g/mol. The van der Waals surface area contributed by atoms with E-state index < -0.39 is 0 Å². The molecule has 0 aliphatic heterocycles. The van der Waals surface area contributed by atoms with Gasteiger partial charge in [-0.25, -0.2) is 4.68 Å². The van der Waals surface area contributed by atoms with E-state index in [-0.39, 0.29) is 0 Å². The third-order valence-corrected chi connectivity index (χ3v) is 4.35. The van der Waals surface area contributed by atoms with E-state index in [1.807, 2.05) is 6.07 Å². The molecule has 0 aliphatic carbocycles. The normalized spacial score (nSPS) is 11.2. The number of nitrogens with zero attached hydrogens (tertiary/aromatic N) is 3. The minimum atomic E-state index is 0.959. The van der Waals surface area contributed by atoms with Crippen LogP contribution in [0.15, 0.2) is 48.5 Å². The summed E-state index contributed by atoms with van der Waals surface area (Å²) in [5, 5.41) is 8.82. The lowest BCUT2D eigenvalue weighted by atomic mass is 10.0. The summed E-state index contributed by atoms with van der Waals surface area (Å²) in [6.07, 6.45) is 7.79. The maximum atomic E-state index is 4.44. The first-order valence-corrected chi connectivity index (χ1v) is 8.78. The number of unbranched alkanes of at least 4 members (excludes halogenated alkanes) is 5. The number of hydrogen-bond donors (Lipinski definition) is 0. The Morgan fingerprint density at radius 2 is 1.61 bits per heavy atom. The lowest BCUT2D eigenvalue weighted by Gasteiger charge is -2.04. The third kappa shape index (κ3) is 3.79. The van der Waals surface area contributed by atoms with Gasteiger partial charge >= 0.3 is 0 Å². The molecule has 3 rings (SSSR count). The van der Waals surface area contributed by atoms with Crippen LogP contribution in [0.2, 0.25) is 0 Å². The molecule has 3 heteroatoms. The minimum Gasteiger partial charge on any atom is -0.245 e. The van der Waals surface area contributed by atoms with Crippen LogP contribution in [0.4, 0.5) is 0 Å². The first-order chi connectivity index (χ1) is 11.4. The van der Waals surface area contributed by atoms with E-state index in [2.05, 4.69) is 64.4 Å². The lowest BCUT2D eigenvalue weighted by Crippen LogP contribution is -2.00. The SMILES string of the molecule is CCCCCCCCn1nnc2c(-c3ccccc3)cccc21. The van der Waals surface area contributed by atoms with Crippen LogP contribution >= 0.6 is 0 Å². The molecule has 120 valence electrons. The standard InChI is InChI=1S/C20H25N3/c1-2-3-4-5-6-10-16-23-19-15-11-14-18(20(19)21-22-23)17-12-8-7-9-13-17/h7-9,11-15H,2-6,10,16H2,1H3. The molecule has 3 aromatic rings. The molecule has 0 spiro atoms. The van der Waals surface area contributed by atoms with Crippen molar-refractivity contribution in [3.05, 3.63) is 48.5 Å². The summed E-state index contributed by atoms with van der Waals surface area (Å²) in [7, 11) is 0. The minimum absolute atomic E-state index is 0.959. The molecule has 0 atom stereocenters. The fraction of sp³-hybridized carbons (Fsp3) is 0.400. The van der Waals surface area contributed by atoms with E-state index in [4.69, 9.17) is 0 Å². The van der Waals surface area contributed by atoms with Crippen molar-refractivity contribution >= 4 is 11.0 Å². The highest BCUT2D eigenvalue weighted by molar-refractivity contribution is 5.91. The van der Waals surface area contributed by atoms with Gasteiger partial charge in [0.25, 0.3) is 0 Å². The summed E-state index contributed by atoms with van der Waals surface area (Å²) in [6.45, 7) is 3.22. The zero-order valence-corrected chi connectivity index (χ0v) is 13.9. The number of aryl methyl sites for hydroxylation is 1. The fourth-order valence-corrected chi connectivity index (χ4v) is 3.05. The van der Waals surface area contributed by atoms with Crippen LogP contribution in [-0.4, -0.2) is 15.0 Å². The number of aromatic nitrogens is 3. The Morgan fingerprint density at radius 3 is 2.43 bits per heavy atom. The Kier molecular flexibility index (Phi) is 5.41. The van der Waals surface area contributed by atoms with Crippen LogP contribution < -0.4 is 0 Å². The van der Waals surface area contributed by atoms with Crippen molar-refractivity contribution in [2.75, 3.05) is 0 Å². The molecule has 23 heavy (non-hydrogen) atoms. The molecule has 1 aromatic heterocycles. The molecule has 0 aliphatic rings. The summed E-state index contributed by atoms with van der Waals surface area (Å²) < 4.78 is 2.06. The van der Waals surface area contributed by atoms with Crippen LogP contribution in [-0.2, 0) is 6.54 Å². The fourth-order valence-electron chi connectivity index (χ4n) is 3.05. The van der Waals surface area contributed by atoms with Crippen molar-refractivity contribution in [2.45, 2.75) is 52.0 Å². The molecular formula is C20H25N3. The second kappa shape index (κ2) is 7.91. The zero-order chi connectivity index (χ0) is 15.9. The van der Waals surface area contributed by atoms with Gasteiger partial charge < -0.3 is 0 Å². The van der Waals surface area contributed by atoms with Gasteiger partial charge in [-0.05, 0) is 18.1 Å². The maximum Gasteiger partial charge on any atom is 0.121 e. The Balaban J connectivity index is 1.72. The molecule has 0 amide bonds. The highest BCUT2D eigenvalue weighted by atomic mass is 15.4. The monoisotopic (exact) mass is 307 g/mol. The molecule has 0 N–H and O–H groups in total. The van der Waals surface area contributed by atoms with Crippen molar-refractivity contribution < 1.29 is 0 Å². The summed E-state index contributed by atoms with van der Waals surface area (Å²) >= 11 is 0. The van der Waals surface area contributed by atoms with Gasteiger partial charge in [-0.2, -0.15) is 0 Å². The molecule has 0 bridgehead atoms. The van der Waals surface area contributed by atoms with Crippen molar-refractivity contribution in [1.29, 1.82) is 0 Å². The van der Waals surface area contributed by atoms with E-state index >= 15 is 0 Å². The summed E-state index contributed by atoms with van der Waals surface area (Å²) in [6, 6.07) is 16.8. The Bertz CT molecular complexity index is 731. The van der Waals surface area contributed by atoms with E-state index in [9.17, 15) is 0 Å². The average Bonchev–Trinajstić information content (AvgIpc) is 3.02. The van der Waals surface area contributed by atoms with Crippen LogP contribution in [0.25, 0.3) is 22.2 Å². The molecule has 1 heterocycles. The third-order valence-electron chi connectivity index (χ3n) is 4.35. The van der Waals surface area contributed by atoms with E-state index in [1.165, 1.54) is 44.1 Å². The van der Waals surface area contributed by atoms with Crippen molar-refractivity contribution in [3.8, 4) is 11.1 Å². The number of hydrogen-bond acceptors (Lipinski definition) is 2. The Labute approximate surface area is 138 Å². The molecule has 2 aromatic carbocycles. The van der Waals surface area contributed by atoms with Crippen LogP contribution in [0.1, 0.15) is 45.4 Å². The van der Waals surface area contributed by atoms with Crippen LogP contribution in [0.5, 0.6) is 0 Å². The van der Waals surface area contributed by atoms with Gasteiger partial charge in [0, 0.05) is 12.1 Å². The topological polar surface area (TPSA) is 30.7 Å². The van der Waals surface area contributed by atoms with Gasteiger partial charge in [-0.1, -0.05) is 86.7 Å². The van der Waals surface area contributed by atoms with E-state index in [0.717, 1.165) is 23.1 Å².